The molecule has 4 heteroatoms. The fourth-order valence-electron chi connectivity index (χ4n) is 3.35. The first-order chi connectivity index (χ1) is 9.22. The van der Waals surface area contributed by atoms with Gasteiger partial charge in [-0.3, -0.25) is 4.79 Å². The average molecular weight is 284 g/mol. The molecule has 2 rings (SSSR count). The standard InChI is InChI=1S/C15H28N2OS/c1-12(15(18)17-10-6-3-7-11-17)16-13-8-4-5-9-14(13)19-2/h12-14,16H,3-11H2,1-2H3. The molecule has 0 radical (unpaired) electrons. The van der Waals surface area contributed by atoms with Crippen LogP contribution in [0.15, 0.2) is 0 Å². The first kappa shape index (κ1) is 15.2. The molecule has 0 aromatic heterocycles. The smallest absolute Gasteiger partial charge is 0.239 e. The van der Waals surface area contributed by atoms with Gasteiger partial charge in [0.05, 0.1) is 6.04 Å². The number of thioether (sulfide) groups is 1. The van der Waals surface area contributed by atoms with Crippen molar-refractivity contribution >= 4 is 17.7 Å². The van der Waals surface area contributed by atoms with Gasteiger partial charge in [-0.1, -0.05) is 12.8 Å². The van der Waals surface area contributed by atoms with Crippen LogP contribution in [0.4, 0.5) is 0 Å². The lowest BCUT2D eigenvalue weighted by atomic mass is 9.94. The molecule has 0 bridgehead atoms. The van der Waals surface area contributed by atoms with Crippen LogP contribution in [0.2, 0.25) is 0 Å². The largest absolute Gasteiger partial charge is 0.341 e. The number of nitrogens with one attached hydrogen (secondary N) is 1. The minimum atomic E-state index is -0.0177. The number of hydrogen-bond donors (Lipinski definition) is 1. The summed E-state index contributed by atoms with van der Waals surface area (Å²) in [7, 11) is 0. The summed E-state index contributed by atoms with van der Waals surface area (Å²) in [5, 5.41) is 4.29. The lowest BCUT2D eigenvalue weighted by Gasteiger charge is -2.35. The molecular weight excluding hydrogens is 256 g/mol. The highest BCUT2D eigenvalue weighted by Crippen LogP contribution is 2.27. The first-order valence-electron chi connectivity index (χ1n) is 7.80. The van der Waals surface area contributed by atoms with Crippen LogP contribution in [0, 0.1) is 0 Å². The Balaban J connectivity index is 1.84. The molecule has 1 saturated carbocycles. The summed E-state index contributed by atoms with van der Waals surface area (Å²) >= 11 is 1.96. The number of likely N-dealkylation sites (tertiary alicyclic amines) is 1. The average Bonchev–Trinajstić information content (AvgIpc) is 2.48. The summed E-state index contributed by atoms with van der Waals surface area (Å²) in [6.07, 6.45) is 11.0. The zero-order chi connectivity index (χ0) is 13.7. The predicted octanol–water partition coefficient (Wildman–Crippen LogP) is 2.65. The first-order valence-corrected chi connectivity index (χ1v) is 9.09. The van der Waals surface area contributed by atoms with Crippen LogP contribution < -0.4 is 5.32 Å². The van der Waals surface area contributed by atoms with Crippen LogP contribution in [0.1, 0.15) is 51.9 Å². The number of carbonyl (C=O) groups excluding carboxylic acids is 1. The third-order valence-electron chi connectivity index (χ3n) is 4.51. The molecule has 0 spiro atoms. The van der Waals surface area contributed by atoms with E-state index in [4.69, 9.17) is 0 Å². The SMILES string of the molecule is CSC1CCCCC1NC(C)C(=O)N1CCCCC1. The monoisotopic (exact) mass is 284 g/mol. The molecule has 0 aromatic rings. The van der Waals surface area contributed by atoms with E-state index < -0.39 is 0 Å². The Morgan fingerprint density at radius 2 is 1.84 bits per heavy atom. The van der Waals surface area contributed by atoms with Crippen LogP contribution in [-0.2, 0) is 4.79 Å². The number of carbonyl (C=O) groups is 1. The van der Waals surface area contributed by atoms with E-state index in [0.717, 1.165) is 13.1 Å². The van der Waals surface area contributed by atoms with Gasteiger partial charge in [0.2, 0.25) is 5.91 Å². The van der Waals surface area contributed by atoms with Gasteiger partial charge in [0.25, 0.3) is 0 Å². The second kappa shape index (κ2) is 7.53. The fourth-order valence-corrected chi connectivity index (χ4v) is 4.30. The van der Waals surface area contributed by atoms with Crippen molar-refractivity contribution in [2.24, 2.45) is 0 Å². The van der Waals surface area contributed by atoms with E-state index in [2.05, 4.69) is 16.5 Å². The van der Waals surface area contributed by atoms with E-state index in [0.29, 0.717) is 17.2 Å². The van der Waals surface area contributed by atoms with Gasteiger partial charge in [0, 0.05) is 24.4 Å². The summed E-state index contributed by atoms with van der Waals surface area (Å²) in [4.78, 5) is 14.5. The Labute approximate surface area is 121 Å². The molecule has 3 nitrogen and oxygen atoms in total. The van der Waals surface area contributed by atoms with Crippen molar-refractivity contribution in [3.63, 3.8) is 0 Å². The number of amides is 1. The minimum absolute atomic E-state index is 0.0177. The second-order valence-corrected chi connectivity index (χ2v) is 7.02. The van der Waals surface area contributed by atoms with Crippen LogP contribution in [0.5, 0.6) is 0 Å². The molecule has 3 unspecified atom stereocenters. The Kier molecular flexibility index (Phi) is 6.02. The van der Waals surface area contributed by atoms with E-state index in [-0.39, 0.29) is 6.04 Å². The van der Waals surface area contributed by atoms with Gasteiger partial charge in [0.1, 0.15) is 0 Å². The maximum absolute atomic E-state index is 12.4. The van der Waals surface area contributed by atoms with E-state index in [1.165, 1.54) is 44.9 Å². The molecule has 1 heterocycles. The van der Waals surface area contributed by atoms with Crippen molar-refractivity contribution in [1.82, 2.24) is 10.2 Å². The van der Waals surface area contributed by atoms with Gasteiger partial charge in [0.15, 0.2) is 0 Å². The highest BCUT2D eigenvalue weighted by Gasteiger charge is 2.29. The zero-order valence-corrected chi connectivity index (χ0v) is 13.2. The van der Waals surface area contributed by atoms with Gasteiger partial charge < -0.3 is 10.2 Å². The number of rotatable bonds is 4. The third kappa shape index (κ3) is 4.12. The van der Waals surface area contributed by atoms with Crippen molar-refractivity contribution < 1.29 is 4.79 Å². The summed E-state index contributed by atoms with van der Waals surface area (Å²) in [5.74, 6) is 0.310. The molecular formula is C15H28N2OS. The van der Waals surface area contributed by atoms with Gasteiger partial charge >= 0.3 is 0 Å². The van der Waals surface area contributed by atoms with Crippen molar-refractivity contribution in [1.29, 1.82) is 0 Å². The number of hydrogen-bond acceptors (Lipinski definition) is 3. The molecule has 0 aromatic carbocycles. The molecule has 110 valence electrons. The van der Waals surface area contributed by atoms with E-state index in [9.17, 15) is 4.79 Å². The van der Waals surface area contributed by atoms with Crippen LogP contribution in [0.25, 0.3) is 0 Å². The van der Waals surface area contributed by atoms with Crippen molar-refractivity contribution in [3.8, 4) is 0 Å². The van der Waals surface area contributed by atoms with Gasteiger partial charge in [-0.15, -0.1) is 0 Å². The lowest BCUT2D eigenvalue weighted by molar-refractivity contribution is -0.134. The van der Waals surface area contributed by atoms with Crippen molar-refractivity contribution in [2.75, 3.05) is 19.3 Å². The van der Waals surface area contributed by atoms with Crippen LogP contribution in [0.3, 0.4) is 0 Å². The van der Waals surface area contributed by atoms with Gasteiger partial charge in [-0.25, -0.2) is 0 Å². The molecule has 1 aliphatic carbocycles. The number of piperidine rings is 1. The normalized spacial score (nSPS) is 30.1. The highest BCUT2D eigenvalue weighted by atomic mass is 32.2. The summed E-state index contributed by atoms with van der Waals surface area (Å²) in [6.45, 7) is 3.96. The Morgan fingerprint density at radius 3 is 2.53 bits per heavy atom. The summed E-state index contributed by atoms with van der Waals surface area (Å²) < 4.78 is 0. The summed E-state index contributed by atoms with van der Waals surface area (Å²) in [6, 6.07) is 0.503. The minimum Gasteiger partial charge on any atom is -0.341 e. The zero-order valence-electron chi connectivity index (χ0n) is 12.4. The predicted molar refractivity (Wildman–Crippen MR) is 82.6 cm³/mol. The van der Waals surface area contributed by atoms with E-state index in [1.807, 2.05) is 18.7 Å². The fraction of sp³-hybridized carbons (Fsp3) is 0.933. The molecule has 1 N–H and O–H groups in total. The summed E-state index contributed by atoms with van der Waals surface area (Å²) in [5.41, 5.74) is 0. The molecule has 1 aliphatic heterocycles. The van der Waals surface area contributed by atoms with E-state index in [1.54, 1.807) is 0 Å². The van der Waals surface area contributed by atoms with Crippen LogP contribution in [-0.4, -0.2) is 47.5 Å². The third-order valence-corrected chi connectivity index (χ3v) is 5.68. The van der Waals surface area contributed by atoms with Crippen molar-refractivity contribution in [3.05, 3.63) is 0 Å². The maximum Gasteiger partial charge on any atom is 0.239 e. The van der Waals surface area contributed by atoms with E-state index >= 15 is 0 Å². The maximum atomic E-state index is 12.4. The Bertz CT molecular complexity index is 292. The molecule has 2 fully saturated rings. The second-order valence-electron chi connectivity index (χ2n) is 5.94. The Hall–Kier alpha value is -0.220. The van der Waals surface area contributed by atoms with Crippen molar-refractivity contribution in [2.45, 2.75) is 69.2 Å². The molecule has 1 saturated heterocycles. The molecule has 3 atom stereocenters. The molecule has 2 aliphatic rings. The topological polar surface area (TPSA) is 32.3 Å². The highest BCUT2D eigenvalue weighted by molar-refractivity contribution is 7.99. The Morgan fingerprint density at radius 1 is 1.16 bits per heavy atom. The van der Waals surface area contributed by atoms with Gasteiger partial charge in [-0.05, 0) is 45.3 Å². The van der Waals surface area contributed by atoms with Gasteiger partial charge in [-0.2, -0.15) is 11.8 Å². The number of nitrogens with zero attached hydrogens (tertiary/aromatic N) is 1. The van der Waals surface area contributed by atoms with Crippen LogP contribution >= 0.6 is 11.8 Å². The molecule has 1 amide bonds. The lowest BCUT2D eigenvalue weighted by Crippen LogP contribution is -2.52. The molecule has 19 heavy (non-hydrogen) atoms. The quantitative estimate of drug-likeness (QED) is 0.861.